The summed E-state index contributed by atoms with van der Waals surface area (Å²) in [5.41, 5.74) is 3.34. The van der Waals surface area contributed by atoms with Crippen LogP contribution in [-0.2, 0) is 4.74 Å². The first-order chi connectivity index (χ1) is 16.5. The number of morpholine rings is 1. The van der Waals surface area contributed by atoms with Gasteiger partial charge in [-0.05, 0) is 35.9 Å². The van der Waals surface area contributed by atoms with Gasteiger partial charge in [-0.15, -0.1) is 0 Å². The van der Waals surface area contributed by atoms with Crippen molar-refractivity contribution in [3.05, 3.63) is 41.5 Å². The van der Waals surface area contributed by atoms with Crippen LogP contribution < -0.4 is 29.1 Å². The average molecular weight is 473 g/mol. The van der Waals surface area contributed by atoms with Gasteiger partial charge in [0.15, 0.2) is 23.0 Å². The Labute approximate surface area is 197 Å². The Hall–Kier alpha value is -3.99. The predicted octanol–water partition coefficient (Wildman–Crippen LogP) is 2.32. The van der Waals surface area contributed by atoms with E-state index in [9.17, 15) is 9.59 Å². The molecule has 0 aromatic heterocycles. The third-order valence-electron chi connectivity index (χ3n) is 4.96. The second-order valence-corrected chi connectivity index (χ2v) is 6.99. The van der Waals surface area contributed by atoms with Gasteiger partial charge in [0.2, 0.25) is 5.75 Å². The van der Waals surface area contributed by atoms with Crippen molar-refractivity contribution in [2.75, 3.05) is 54.7 Å². The zero-order valence-electron chi connectivity index (χ0n) is 19.5. The first-order valence-corrected chi connectivity index (χ1v) is 10.4. The van der Waals surface area contributed by atoms with Gasteiger partial charge in [-0.3, -0.25) is 4.79 Å². The Kier molecular flexibility index (Phi) is 8.52. The summed E-state index contributed by atoms with van der Waals surface area (Å²) >= 11 is 0. The molecule has 2 aromatic carbocycles. The molecule has 1 aliphatic rings. The Morgan fingerprint density at radius 1 is 0.912 bits per heavy atom. The van der Waals surface area contributed by atoms with Gasteiger partial charge in [-0.1, -0.05) is 0 Å². The van der Waals surface area contributed by atoms with E-state index in [-0.39, 0.29) is 11.3 Å². The van der Waals surface area contributed by atoms with E-state index in [0.717, 1.165) is 0 Å². The van der Waals surface area contributed by atoms with E-state index in [1.165, 1.54) is 46.8 Å². The Bertz CT molecular complexity index is 1030. The summed E-state index contributed by atoms with van der Waals surface area (Å²) in [6.45, 7) is 1.89. The SMILES string of the molecule is COc1cc(C=NNC(=O)c2cc(OC)c(OC)c(OC)c2)ccc1OC(=O)N1CCOCC1. The van der Waals surface area contributed by atoms with Gasteiger partial charge in [-0.25, -0.2) is 10.2 Å². The molecule has 0 spiro atoms. The number of carbonyl (C=O) groups is 2. The van der Waals surface area contributed by atoms with E-state index in [2.05, 4.69) is 10.5 Å². The molecule has 0 unspecified atom stereocenters. The monoisotopic (exact) mass is 473 g/mol. The van der Waals surface area contributed by atoms with Crippen molar-refractivity contribution in [2.24, 2.45) is 5.10 Å². The molecule has 0 radical (unpaired) electrons. The lowest BCUT2D eigenvalue weighted by molar-refractivity contribution is 0.0413. The van der Waals surface area contributed by atoms with E-state index in [1.807, 2.05) is 0 Å². The molecule has 34 heavy (non-hydrogen) atoms. The van der Waals surface area contributed by atoms with Gasteiger partial charge < -0.3 is 33.3 Å². The molecule has 0 bridgehead atoms. The third-order valence-corrected chi connectivity index (χ3v) is 4.96. The van der Waals surface area contributed by atoms with E-state index >= 15 is 0 Å². The number of nitrogens with one attached hydrogen (secondary N) is 1. The topological polar surface area (TPSA) is 117 Å². The predicted molar refractivity (Wildman–Crippen MR) is 123 cm³/mol. The van der Waals surface area contributed by atoms with Crippen LogP contribution in [0.4, 0.5) is 4.79 Å². The fraction of sp³-hybridized carbons (Fsp3) is 0.348. The summed E-state index contributed by atoms with van der Waals surface area (Å²) in [6, 6.07) is 7.95. The van der Waals surface area contributed by atoms with E-state index in [4.69, 9.17) is 28.4 Å². The Morgan fingerprint density at radius 3 is 2.15 bits per heavy atom. The smallest absolute Gasteiger partial charge is 0.415 e. The summed E-state index contributed by atoms with van der Waals surface area (Å²) < 4.78 is 31.8. The number of carbonyl (C=O) groups excluding carboxylic acids is 2. The Morgan fingerprint density at radius 2 is 1.56 bits per heavy atom. The van der Waals surface area contributed by atoms with Gasteiger partial charge in [0.25, 0.3) is 5.91 Å². The maximum absolute atomic E-state index is 12.5. The molecule has 0 saturated carbocycles. The summed E-state index contributed by atoms with van der Waals surface area (Å²) in [6.07, 6.45) is 0.965. The number of hydrogen-bond donors (Lipinski definition) is 1. The normalized spacial score (nSPS) is 13.4. The lowest BCUT2D eigenvalue weighted by Gasteiger charge is -2.26. The maximum atomic E-state index is 12.5. The van der Waals surface area contributed by atoms with Crippen molar-refractivity contribution in [2.45, 2.75) is 0 Å². The summed E-state index contributed by atoms with van der Waals surface area (Å²) in [7, 11) is 5.88. The van der Waals surface area contributed by atoms with Crippen LogP contribution in [0, 0.1) is 0 Å². The highest BCUT2D eigenvalue weighted by molar-refractivity contribution is 5.96. The maximum Gasteiger partial charge on any atom is 0.415 e. The van der Waals surface area contributed by atoms with Crippen molar-refractivity contribution in [1.82, 2.24) is 10.3 Å². The van der Waals surface area contributed by atoms with E-state index < -0.39 is 12.0 Å². The van der Waals surface area contributed by atoms with Crippen molar-refractivity contribution >= 4 is 18.2 Å². The molecule has 0 aliphatic carbocycles. The minimum Gasteiger partial charge on any atom is -0.493 e. The molecule has 2 amide bonds. The quantitative estimate of drug-likeness (QED) is 0.459. The summed E-state index contributed by atoms with van der Waals surface area (Å²) in [5, 5.41) is 3.99. The van der Waals surface area contributed by atoms with Crippen LogP contribution in [0.5, 0.6) is 28.7 Å². The number of amides is 2. The average Bonchev–Trinajstić information content (AvgIpc) is 2.88. The molecule has 3 rings (SSSR count). The first kappa shape index (κ1) is 24.6. The molecule has 11 nitrogen and oxygen atoms in total. The number of nitrogens with zero attached hydrogens (tertiary/aromatic N) is 2. The highest BCUT2D eigenvalue weighted by Gasteiger charge is 2.20. The molecule has 2 aromatic rings. The minimum absolute atomic E-state index is 0.273. The molecule has 1 fully saturated rings. The summed E-state index contributed by atoms with van der Waals surface area (Å²) in [5.74, 6) is 1.23. The Balaban J connectivity index is 1.67. The molecule has 1 saturated heterocycles. The van der Waals surface area contributed by atoms with Gasteiger partial charge in [0.05, 0.1) is 47.9 Å². The van der Waals surface area contributed by atoms with Crippen LogP contribution in [0.25, 0.3) is 0 Å². The molecule has 0 atom stereocenters. The number of rotatable bonds is 8. The number of methoxy groups -OCH3 is 4. The van der Waals surface area contributed by atoms with Crippen LogP contribution >= 0.6 is 0 Å². The fourth-order valence-corrected chi connectivity index (χ4v) is 3.20. The van der Waals surface area contributed by atoms with Crippen molar-refractivity contribution in [1.29, 1.82) is 0 Å². The highest BCUT2D eigenvalue weighted by atomic mass is 16.6. The van der Waals surface area contributed by atoms with Crippen LogP contribution in [0.15, 0.2) is 35.4 Å². The van der Waals surface area contributed by atoms with Gasteiger partial charge in [-0.2, -0.15) is 5.10 Å². The fourth-order valence-electron chi connectivity index (χ4n) is 3.20. The van der Waals surface area contributed by atoms with Crippen LogP contribution in [0.2, 0.25) is 0 Å². The van der Waals surface area contributed by atoms with Crippen molar-refractivity contribution < 1.29 is 38.0 Å². The molecular weight excluding hydrogens is 446 g/mol. The molecule has 1 heterocycles. The van der Waals surface area contributed by atoms with Crippen molar-refractivity contribution in [3.8, 4) is 28.7 Å². The first-order valence-electron chi connectivity index (χ1n) is 10.4. The van der Waals surface area contributed by atoms with Crippen LogP contribution in [0.1, 0.15) is 15.9 Å². The molecular formula is C23H27N3O8. The minimum atomic E-state index is -0.474. The second kappa shape index (κ2) is 11.8. The second-order valence-electron chi connectivity index (χ2n) is 6.99. The number of ether oxygens (including phenoxy) is 6. The van der Waals surface area contributed by atoms with Gasteiger partial charge >= 0.3 is 6.09 Å². The summed E-state index contributed by atoms with van der Waals surface area (Å²) in [4.78, 5) is 26.4. The number of hydrogen-bond acceptors (Lipinski definition) is 9. The molecule has 11 heteroatoms. The lowest BCUT2D eigenvalue weighted by atomic mass is 10.1. The van der Waals surface area contributed by atoms with Gasteiger partial charge in [0, 0.05) is 18.7 Å². The lowest BCUT2D eigenvalue weighted by Crippen LogP contribution is -2.42. The largest absolute Gasteiger partial charge is 0.493 e. The van der Waals surface area contributed by atoms with E-state index in [0.29, 0.717) is 54.9 Å². The molecule has 182 valence electrons. The van der Waals surface area contributed by atoms with Crippen LogP contribution in [0.3, 0.4) is 0 Å². The molecule has 1 N–H and O–H groups in total. The van der Waals surface area contributed by atoms with E-state index in [1.54, 1.807) is 23.1 Å². The van der Waals surface area contributed by atoms with Gasteiger partial charge in [0.1, 0.15) is 0 Å². The molecule has 1 aliphatic heterocycles. The zero-order valence-corrected chi connectivity index (χ0v) is 19.5. The van der Waals surface area contributed by atoms with Crippen molar-refractivity contribution in [3.63, 3.8) is 0 Å². The number of hydrazone groups is 1. The van der Waals surface area contributed by atoms with Crippen LogP contribution in [-0.4, -0.2) is 77.9 Å². The zero-order chi connectivity index (χ0) is 24.5. The highest BCUT2D eigenvalue weighted by Crippen LogP contribution is 2.38. The third kappa shape index (κ3) is 5.87. The number of benzene rings is 2. The standard InChI is InChI=1S/C23H27N3O8/c1-29-18-11-15(5-6-17(18)34-23(28)26-7-9-33-10-8-26)14-24-25-22(27)16-12-19(30-2)21(32-4)20(13-16)31-3/h5-6,11-14H,7-10H2,1-4H3,(H,25,27).